The van der Waals surface area contributed by atoms with Gasteiger partial charge in [-0.2, -0.15) is 16.4 Å². The quantitative estimate of drug-likeness (QED) is 0.488. The molecule has 1 amide bonds. The summed E-state index contributed by atoms with van der Waals surface area (Å²) in [7, 11) is 1.61. The number of benzene rings is 1. The Balaban J connectivity index is 1.55. The van der Waals surface area contributed by atoms with Crippen LogP contribution in [0.25, 0.3) is 22.4 Å². The Morgan fingerprint density at radius 3 is 2.83 bits per heavy atom. The lowest BCUT2D eigenvalue weighted by atomic mass is 9.95. The number of nitrogens with zero attached hydrogens (tertiary/aromatic N) is 2. The van der Waals surface area contributed by atoms with Gasteiger partial charge in [0, 0.05) is 24.2 Å². The highest BCUT2D eigenvalue weighted by molar-refractivity contribution is 7.08. The Labute approximate surface area is 213 Å². The molecule has 1 unspecified atom stereocenters. The molecule has 0 aliphatic carbocycles. The molecule has 190 valence electrons. The summed E-state index contributed by atoms with van der Waals surface area (Å²) in [5.74, 6) is 0.390. The number of ether oxygens (including phenoxy) is 3. The Kier molecular flexibility index (Phi) is 6.61. The predicted octanol–water partition coefficient (Wildman–Crippen LogP) is 4.82. The van der Waals surface area contributed by atoms with Crippen LogP contribution in [0.3, 0.4) is 0 Å². The molecule has 0 spiro atoms. The molecular weight excluding hydrogens is 482 g/mol. The van der Waals surface area contributed by atoms with E-state index in [0.717, 1.165) is 16.7 Å². The molecule has 10 heteroatoms. The summed E-state index contributed by atoms with van der Waals surface area (Å²) in [6, 6.07) is 3.88. The first-order chi connectivity index (χ1) is 17.4. The summed E-state index contributed by atoms with van der Waals surface area (Å²) in [6.45, 7) is 4.98. The zero-order chi connectivity index (χ0) is 25.4. The third-order valence-electron chi connectivity index (χ3n) is 6.64. The minimum Gasteiger partial charge on any atom is -0.492 e. The van der Waals surface area contributed by atoms with Gasteiger partial charge in [0.05, 0.1) is 30.4 Å². The van der Waals surface area contributed by atoms with E-state index < -0.39 is 11.9 Å². The number of aromatic amines is 1. The molecule has 2 aliphatic heterocycles. The maximum Gasteiger partial charge on any atom is 0.306 e. The Morgan fingerprint density at radius 2 is 2.14 bits per heavy atom. The Morgan fingerprint density at radius 1 is 1.31 bits per heavy atom. The lowest BCUT2D eigenvalue weighted by Gasteiger charge is -2.25. The molecule has 36 heavy (non-hydrogen) atoms. The molecule has 0 radical (unpaired) electrons. The third-order valence-corrected chi connectivity index (χ3v) is 7.32. The monoisotopic (exact) mass is 511 g/mol. The van der Waals surface area contributed by atoms with Crippen LogP contribution in [-0.4, -0.2) is 58.4 Å². The van der Waals surface area contributed by atoms with Crippen molar-refractivity contribution < 1.29 is 28.9 Å². The molecule has 0 bridgehead atoms. The zero-order valence-electron chi connectivity index (χ0n) is 20.5. The summed E-state index contributed by atoms with van der Waals surface area (Å²) >= 11 is 1.58. The number of aromatic nitrogens is 2. The minimum absolute atomic E-state index is 0.0761. The topological polar surface area (TPSA) is 114 Å². The van der Waals surface area contributed by atoms with Gasteiger partial charge < -0.3 is 24.2 Å². The van der Waals surface area contributed by atoms with Gasteiger partial charge in [-0.1, -0.05) is 0 Å². The predicted molar refractivity (Wildman–Crippen MR) is 135 cm³/mol. The number of methoxy groups -OCH3 is 1. The van der Waals surface area contributed by atoms with Gasteiger partial charge >= 0.3 is 5.97 Å². The highest BCUT2D eigenvalue weighted by Crippen LogP contribution is 2.53. The molecule has 0 saturated carbocycles. The van der Waals surface area contributed by atoms with Crippen molar-refractivity contribution in [2.75, 3.05) is 20.2 Å². The van der Waals surface area contributed by atoms with Crippen molar-refractivity contribution >= 4 is 23.2 Å². The van der Waals surface area contributed by atoms with E-state index in [1.54, 1.807) is 23.3 Å². The number of carbonyl (C=O) groups excluding carboxylic acids is 1. The maximum atomic E-state index is 13.4. The normalized spacial score (nSPS) is 17.1. The molecule has 2 aromatic heterocycles. The summed E-state index contributed by atoms with van der Waals surface area (Å²) in [4.78, 5) is 26.6. The number of nitrogens with one attached hydrogen (secondary N) is 1. The molecule has 1 atom stereocenters. The molecule has 1 saturated heterocycles. The fourth-order valence-corrected chi connectivity index (χ4v) is 5.56. The van der Waals surface area contributed by atoms with Crippen molar-refractivity contribution in [1.29, 1.82) is 0 Å². The average Bonchev–Trinajstić information content (AvgIpc) is 3.47. The number of carbonyl (C=O) groups is 2. The molecule has 9 nitrogen and oxygen atoms in total. The number of rotatable bonds is 6. The second-order valence-electron chi connectivity index (χ2n) is 9.31. The molecule has 1 fully saturated rings. The number of hydrogen-bond donors (Lipinski definition) is 2. The third kappa shape index (κ3) is 4.30. The van der Waals surface area contributed by atoms with E-state index in [-0.39, 0.29) is 18.6 Å². The number of hydrogen-bond acceptors (Lipinski definition) is 7. The molecule has 5 rings (SSSR count). The first-order valence-corrected chi connectivity index (χ1v) is 13.0. The minimum atomic E-state index is -0.803. The molecule has 2 N–H and O–H groups in total. The van der Waals surface area contributed by atoms with Crippen molar-refractivity contribution in [2.45, 2.75) is 45.8 Å². The molecule has 2 aliphatic rings. The van der Waals surface area contributed by atoms with Crippen molar-refractivity contribution in [3.05, 3.63) is 34.2 Å². The second-order valence-corrected chi connectivity index (χ2v) is 10.1. The summed E-state index contributed by atoms with van der Waals surface area (Å²) in [6.07, 6.45) is 1.58. The van der Waals surface area contributed by atoms with Crippen LogP contribution >= 0.6 is 11.3 Å². The van der Waals surface area contributed by atoms with Crippen LogP contribution in [0, 0.1) is 5.92 Å². The number of amides is 1. The van der Waals surface area contributed by atoms with Crippen LogP contribution in [0.2, 0.25) is 0 Å². The largest absolute Gasteiger partial charge is 0.492 e. The molecule has 3 aromatic rings. The summed E-state index contributed by atoms with van der Waals surface area (Å²) in [5, 5.41) is 20.9. The summed E-state index contributed by atoms with van der Waals surface area (Å²) in [5.41, 5.74) is 4.21. The highest BCUT2D eigenvalue weighted by Gasteiger charge is 2.34. The molecule has 4 heterocycles. The smallest absolute Gasteiger partial charge is 0.306 e. The van der Waals surface area contributed by atoms with Gasteiger partial charge in [-0.05, 0) is 61.6 Å². The van der Waals surface area contributed by atoms with E-state index in [1.165, 1.54) is 0 Å². The second kappa shape index (κ2) is 9.85. The number of fused-ring (bicyclic) bond motifs is 3. The number of thiophene rings is 1. The standard InChI is InChI=1S/C26H29N3O6S/c1-14(2)35-19-11-17-21-18(12-34-23(17)20(24(19)33-3)16-7-10-36-13-16)22(28-27-21)25(30)29-8-4-5-15(6-9-29)26(31)32/h7,10-11,13-15H,4-6,8-9,12H2,1-3H3,(H,27,28)(H,31,32). The van der Waals surface area contributed by atoms with Crippen molar-refractivity contribution in [3.8, 4) is 39.6 Å². The summed E-state index contributed by atoms with van der Waals surface area (Å²) < 4.78 is 18.2. The van der Waals surface area contributed by atoms with E-state index in [4.69, 9.17) is 14.2 Å². The van der Waals surface area contributed by atoms with E-state index in [1.807, 2.05) is 36.7 Å². The van der Waals surface area contributed by atoms with Crippen molar-refractivity contribution in [3.63, 3.8) is 0 Å². The SMILES string of the molecule is COc1c(OC(C)C)cc2c(c1-c1ccsc1)OCc1c(C(=O)N3CCCC(C(=O)O)CC3)n[nH]c1-2. The zero-order valence-corrected chi connectivity index (χ0v) is 21.3. The Hall–Kier alpha value is -3.53. The van der Waals surface area contributed by atoms with Gasteiger partial charge in [0.15, 0.2) is 17.2 Å². The van der Waals surface area contributed by atoms with Gasteiger partial charge in [0.1, 0.15) is 12.4 Å². The van der Waals surface area contributed by atoms with Crippen LogP contribution in [0.4, 0.5) is 0 Å². The maximum absolute atomic E-state index is 13.4. The number of carboxylic acid groups (broad SMARTS) is 1. The van der Waals surface area contributed by atoms with Crippen molar-refractivity contribution in [1.82, 2.24) is 15.1 Å². The lowest BCUT2D eigenvalue weighted by molar-refractivity contribution is -0.142. The van der Waals surface area contributed by atoms with E-state index in [9.17, 15) is 14.7 Å². The van der Waals surface area contributed by atoms with E-state index in [2.05, 4.69) is 10.2 Å². The van der Waals surface area contributed by atoms with Gasteiger partial charge in [-0.15, -0.1) is 0 Å². The van der Waals surface area contributed by atoms with Crippen LogP contribution in [0.5, 0.6) is 17.2 Å². The fourth-order valence-electron chi connectivity index (χ4n) is 4.92. The van der Waals surface area contributed by atoms with Crippen LogP contribution < -0.4 is 14.2 Å². The molecule has 1 aromatic carbocycles. The van der Waals surface area contributed by atoms with E-state index in [0.29, 0.717) is 66.6 Å². The van der Waals surface area contributed by atoms with Gasteiger partial charge in [0.25, 0.3) is 5.91 Å². The number of aliphatic carboxylic acids is 1. The fraction of sp³-hybridized carbons (Fsp3) is 0.423. The average molecular weight is 512 g/mol. The van der Waals surface area contributed by atoms with Crippen molar-refractivity contribution in [2.24, 2.45) is 5.92 Å². The van der Waals surface area contributed by atoms with Gasteiger partial charge in [-0.25, -0.2) is 0 Å². The molecular formula is C26H29N3O6S. The van der Waals surface area contributed by atoms with Crippen LogP contribution in [0.1, 0.15) is 49.2 Å². The van der Waals surface area contributed by atoms with Crippen LogP contribution in [0.15, 0.2) is 22.9 Å². The number of H-pyrrole nitrogens is 1. The first-order valence-electron chi connectivity index (χ1n) is 12.1. The Bertz CT molecular complexity index is 1280. The van der Waals surface area contributed by atoms with Gasteiger partial charge in [-0.3, -0.25) is 14.7 Å². The number of likely N-dealkylation sites (tertiary alicyclic amines) is 1. The number of carboxylic acids is 1. The lowest BCUT2D eigenvalue weighted by Crippen LogP contribution is -2.33. The van der Waals surface area contributed by atoms with Crippen LogP contribution in [-0.2, 0) is 11.4 Å². The first kappa shape index (κ1) is 24.2. The van der Waals surface area contributed by atoms with E-state index >= 15 is 0 Å². The van der Waals surface area contributed by atoms with Gasteiger partial charge in [0.2, 0.25) is 0 Å². The highest BCUT2D eigenvalue weighted by atomic mass is 32.1.